The molecule has 0 radical (unpaired) electrons. The van der Waals surface area contributed by atoms with Crippen LogP contribution in [0.3, 0.4) is 0 Å². The number of rotatable bonds is 8. The Bertz CT molecular complexity index is 351. The molecule has 1 rings (SSSR count). The van der Waals surface area contributed by atoms with Crippen molar-refractivity contribution in [2.75, 3.05) is 11.9 Å². The number of aliphatic hydroxyl groups excluding tert-OH is 1. The molecule has 1 aromatic carbocycles. The third kappa shape index (κ3) is 4.69. The van der Waals surface area contributed by atoms with Crippen LogP contribution in [0.4, 0.5) is 5.69 Å². The molecule has 18 heavy (non-hydrogen) atoms. The van der Waals surface area contributed by atoms with E-state index in [1.54, 1.807) is 0 Å². The van der Waals surface area contributed by atoms with Gasteiger partial charge in [-0.2, -0.15) is 0 Å². The quantitative estimate of drug-likeness (QED) is 0.679. The minimum absolute atomic E-state index is 0.174. The number of unbranched alkanes of at least 4 members (excludes halogenated alkanes) is 3. The maximum absolute atomic E-state index is 9.63. The van der Waals surface area contributed by atoms with E-state index in [0.29, 0.717) is 0 Å². The molecule has 0 aliphatic rings. The minimum atomic E-state index is -0.208. The SMILES string of the molecule is CCCCCCC(C)(CO)Nc1ccccc1C. The van der Waals surface area contributed by atoms with E-state index in [4.69, 9.17) is 0 Å². The van der Waals surface area contributed by atoms with E-state index in [9.17, 15) is 5.11 Å². The summed E-state index contributed by atoms with van der Waals surface area (Å²) in [5, 5.41) is 13.1. The first-order chi connectivity index (χ1) is 8.61. The lowest BCUT2D eigenvalue weighted by molar-refractivity contribution is 0.211. The highest BCUT2D eigenvalue weighted by atomic mass is 16.3. The van der Waals surface area contributed by atoms with Gasteiger partial charge >= 0.3 is 0 Å². The Morgan fingerprint density at radius 2 is 1.89 bits per heavy atom. The van der Waals surface area contributed by atoms with E-state index < -0.39 is 0 Å². The lowest BCUT2D eigenvalue weighted by atomic mass is 9.94. The van der Waals surface area contributed by atoms with Gasteiger partial charge in [0.2, 0.25) is 0 Å². The number of hydrogen-bond acceptors (Lipinski definition) is 2. The highest BCUT2D eigenvalue weighted by molar-refractivity contribution is 5.52. The van der Waals surface area contributed by atoms with Gasteiger partial charge < -0.3 is 10.4 Å². The number of para-hydroxylation sites is 1. The largest absolute Gasteiger partial charge is 0.394 e. The Labute approximate surface area is 111 Å². The second-order valence-electron chi connectivity index (χ2n) is 5.47. The molecule has 2 nitrogen and oxygen atoms in total. The average Bonchev–Trinajstić information content (AvgIpc) is 2.38. The molecule has 0 bridgehead atoms. The molecule has 102 valence electrons. The summed E-state index contributed by atoms with van der Waals surface area (Å²) in [5.41, 5.74) is 2.15. The monoisotopic (exact) mass is 249 g/mol. The van der Waals surface area contributed by atoms with Gasteiger partial charge in [0, 0.05) is 5.69 Å². The van der Waals surface area contributed by atoms with Crippen LogP contribution in [0, 0.1) is 6.92 Å². The predicted molar refractivity (Wildman–Crippen MR) is 79.1 cm³/mol. The van der Waals surface area contributed by atoms with Crippen molar-refractivity contribution in [3.8, 4) is 0 Å². The fourth-order valence-corrected chi connectivity index (χ4v) is 2.16. The first-order valence-corrected chi connectivity index (χ1v) is 7.06. The molecular formula is C16H27NO. The molecule has 0 saturated carbocycles. The zero-order valence-electron chi connectivity index (χ0n) is 12.0. The van der Waals surface area contributed by atoms with Crippen LogP contribution in [-0.2, 0) is 0 Å². The fourth-order valence-electron chi connectivity index (χ4n) is 2.16. The van der Waals surface area contributed by atoms with Crippen molar-refractivity contribution in [1.29, 1.82) is 0 Å². The normalized spacial score (nSPS) is 14.2. The van der Waals surface area contributed by atoms with Gasteiger partial charge in [-0.3, -0.25) is 0 Å². The van der Waals surface area contributed by atoms with Crippen LogP contribution in [0.5, 0.6) is 0 Å². The summed E-state index contributed by atoms with van der Waals surface area (Å²) < 4.78 is 0. The summed E-state index contributed by atoms with van der Waals surface area (Å²) in [4.78, 5) is 0. The average molecular weight is 249 g/mol. The second kappa shape index (κ2) is 7.42. The zero-order valence-corrected chi connectivity index (χ0v) is 12.0. The number of hydrogen-bond donors (Lipinski definition) is 2. The molecular weight excluding hydrogens is 222 g/mol. The molecule has 0 aliphatic carbocycles. The van der Waals surface area contributed by atoms with E-state index in [2.05, 4.69) is 38.2 Å². The molecule has 2 heteroatoms. The maximum Gasteiger partial charge on any atom is 0.0658 e. The summed E-state index contributed by atoms with van der Waals surface area (Å²) in [7, 11) is 0. The number of aryl methyl sites for hydroxylation is 1. The first kappa shape index (κ1) is 15.0. The molecule has 1 atom stereocenters. The van der Waals surface area contributed by atoms with Crippen LogP contribution in [0.1, 0.15) is 51.5 Å². The highest BCUT2D eigenvalue weighted by Gasteiger charge is 2.22. The van der Waals surface area contributed by atoms with Gasteiger partial charge in [-0.1, -0.05) is 50.8 Å². The lowest BCUT2D eigenvalue weighted by Gasteiger charge is -2.31. The molecule has 0 aromatic heterocycles. The number of benzene rings is 1. The van der Waals surface area contributed by atoms with Crippen LogP contribution in [-0.4, -0.2) is 17.3 Å². The fraction of sp³-hybridized carbons (Fsp3) is 0.625. The van der Waals surface area contributed by atoms with Crippen molar-refractivity contribution >= 4 is 5.69 Å². The summed E-state index contributed by atoms with van der Waals surface area (Å²) in [6.07, 6.45) is 5.97. The van der Waals surface area contributed by atoms with E-state index in [0.717, 1.165) is 12.1 Å². The molecule has 0 amide bonds. The summed E-state index contributed by atoms with van der Waals surface area (Å²) in [6.45, 7) is 6.59. The van der Waals surface area contributed by atoms with Gasteiger partial charge in [0.05, 0.1) is 12.1 Å². The molecule has 0 aliphatic heterocycles. The van der Waals surface area contributed by atoms with Crippen molar-refractivity contribution in [3.05, 3.63) is 29.8 Å². The van der Waals surface area contributed by atoms with Gasteiger partial charge in [0.25, 0.3) is 0 Å². The van der Waals surface area contributed by atoms with Crippen molar-refractivity contribution in [3.63, 3.8) is 0 Å². The van der Waals surface area contributed by atoms with Gasteiger partial charge in [0.15, 0.2) is 0 Å². The topological polar surface area (TPSA) is 32.3 Å². The molecule has 0 spiro atoms. The maximum atomic E-state index is 9.63. The summed E-state index contributed by atoms with van der Waals surface area (Å²) in [5.74, 6) is 0. The molecule has 1 aromatic rings. The zero-order chi connectivity index (χ0) is 13.4. The minimum Gasteiger partial charge on any atom is -0.394 e. The van der Waals surface area contributed by atoms with E-state index in [-0.39, 0.29) is 12.1 Å². The van der Waals surface area contributed by atoms with Crippen molar-refractivity contribution in [1.82, 2.24) is 0 Å². The molecule has 0 heterocycles. The third-order valence-corrected chi connectivity index (χ3v) is 3.51. The van der Waals surface area contributed by atoms with E-state index >= 15 is 0 Å². The number of nitrogens with one attached hydrogen (secondary N) is 1. The standard InChI is InChI=1S/C16H27NO/c1-4-5-6-9-12-16(3,13-18)17-15-11-8-7-10-14(15)2/h7-8,10-11,17-18H,4-6,9,12-13H2,1-3H3. The Balaban J connectivity index is 2.56. The van der Waals surface area contributed by atoms with Crippen LogP contribution in [0.25, 0.3) is 0 Å². The Hall–Kier alpha value is -1.02. The second-order valence-corrected chi connectivity index (χ2v) is 5.47. The number of anilines is 1. The molecule has 2 N–H and O–H groups in total. The van der Waals surface area contributed by atoms with Crippen LogP contribution >= 0.6 is 0 Å². The van der Waals surface area contributed by atoms with Gasteiger partial charge in [-0.25, -0.2) is 0 Å². The summed E-state index contributed by atoms with van der Waals surface area (Å²) >= 11 is 0. The van der Waals surface area contributed by atoms with Gasteiger partial charge in [-0.15, -0.1) is 0 Å². The van der Waals surface area contributed by atoms with Crippen molar-refractivity contribution in [2.45, 2.75) is 58.4 Å². The van der Waals surface area contributed by atoms with Crippen LogP contribution in [0.2, 0.25) is 0 Å². The highest BCUT2D eigenvalue weighted by Crippen LogP contribution is 2.23. The Morgan fingerprint density at radius 3 is 2.50 bits per heavy atom. The van der Waals surface area contributed by atoms with E-state index in [1.165, 1.54) is 31.2 Å². The van der Waals surface area contributed by atoms with Crippen LogP contribution in [0.15, 0.2) is 24.3 Å². The summed E-state index contributed by atoms with van der Waals surface area (Å²) in [6, 6.07) is 8.24. The van der Waals surface area contributed by atoms with Crippen molar-refractivity contribution in [2.24, 2.45) is 0 Å². The van der Waals surface area contributed by atoms with E-state index in [1.807, 2.05) is 12.1 Å². The van der Waals surface area contributed by atoms with Crippen molar-refractivity contribution < 1.29 is 5.11 Å². The number of aliphatic hydroxyl groups is 1. The molecule has 0 fully saturated rings. The Kier molecular flexibility index (Phi) is 6.20. The molecule has 0 saturated heterocycles. The smallest absolute Gasteiger partial charge is 0.0658 e. The molecule has 1 unspecified atom stereocenters. The lowest BCUT2D eigenvalue weighted by Crippen LogP contribution is -2.39. The Morgan fingerprint density at radius 1 is 1.17 bits per heavy atom. The third-order valence-electron chi connectivity index (χ3n) is 3.51. The van der Waals surface area contributed by atoms with Crippen LogP contribution < -0.4 is 5.32 Å². The van der Waals surface area contributed by atoms with Gasteiger partial charge in [-0.05, 0) is 31.9 Å². The first-order valence-electron chi connectivity index (χ1n) is 7.06. The predicted octanol–water partition coefficient (Wildman–Crippen LogP) is 4.13. The van der Waals surface area contributed by atoms with Gasteiger partial charge in [0.1, 0.15) is 0 Å².